The Labute approximate surface area is 275 Å². The van der Waals surface area contributed by atoms with Gasteiger partial charge in [0.1, 0.15) is 12.2 Å². The van der Waals surface area contributed by atoms with Crippen LogP contribution in [0.3, 0.4) is 0 Å². The van der Waals surface area contributed by atoms with E-state index in [0.717, 1.165) is 36.8 Å². The first-order valence-corrected chi connectivity index (χ1v) is 16.8. The number of aromatic nitrogens is 3. The summed E-state index contributed by atoms with van der Waals surface area (Å²) in [5.41, 5.74) is 2.44. The molecule has 0 spiro atoms. The Bertz CT molecular complexity index is 1480. The molecular weight excluding hydrogens is 606 g/mol. The Morgan fingerprint density at radius 1 is 1.02 bits per heavy atom. The van der Waals surface area contributed by atoms with Gasteiger partial charge in [-0.25, -0.2) is 27.9 Å². The molecule has 2 saturated carbocycles. The van der Waals surface area contributed by atoms with Gasteiger partial charge in [0.25, 0.3) is 0 Å². The van der Waals surface area contributed by atoms with E-state index in [0.29, 0.717) is 23.8 Å². The van der Waals surface area contributed by atoms with Crippen LogP contribution in [-0.4, -0.2) is 50.9 Å². The quantitative estimate of drug-likeness (QED) is 0.178. The van der Waals surface area contributed by atoms with Crippen LogP contribution in [0.1, 0.15) is 108 Å². The fraction of sp³-hybridized carbons (Fsp3) is 0.600. The Kier molecular flexibility index (Phi) is 11.0. The van der Waals surface area contributed by atoms with Crippen LogP contribution in [0.5, 0.6) is 0 Å². The number of hydrogen-bond donors (Lipinski definition) is 3. The maximum absolute atomic E-state index is 14.0. The summed E-state index contributed by atoms with van der Waals surface area (Å²) in [6.45, 7) is 8.30. The van der Waals surface area contributed by atoms with Crippen molar-refractivity contribution >= 4 is 17.8 Å². The molecule has 3 atom stereocenters. The molecule has 3 aromatic rings. The molecule has 2 heterocycles. The maximum atomic E-state index is 14.0. The first-order valence-electron chi connectivity index (χ1n) is 16.8. The highest BCUT2D eigenvalue weighted by atomic mass is 19.3. The topological polar surface area (TPSA) is 119 Å². The minimum absolute atomic E-state index is 0.0322. The van der Waals surface area contributed by atoms with Gasteiger partial charge in [-0.15, -0.1) is 0 Å². The molecule has 3 N–H and O–H groups in total. The molecule has 0 saturated heterocycles. The summed E-state index contributed by atoms with van der Waals surface area (Å²) in [5.74, 6) is -2.42. The van der Waals surface area contributed by atoms with E-state index in [4.69, 9.17) is 14.5 Å². The van der Waals surface area contributed by atoms with Crippen LogP contribution in [0.25, 0.3) is 5.65 Å². The third-order valence-corrected chi connectivity index (χ3v) is 8.92. The predicted octanol–water partition coefficient (Wildman–Crippen LogP) is 7.26. The van der Waals surface area contributed by atoms with E-state index in [1.165, 1.54) is 0 Å². The van der Waals surface area contributed by atoms with Crippen molar-refractivity contribution in [2.45, 2.75) is 115 Å². The molecule has 47 heavy (non-hydrogen) atoms. The minimum Gasteiger partial charge on any atom is -0.445 e. The van der Waals surface area contributed by atoms with E-state index in [9.17, 15) is 18.4 Å². The average molecular weight is 655 g/mol. The van der Waals surface area contributed by atoms with Crippen LogP contribution >= 0.6 is 0 Å². The van der Waals surface area contributed by atoms with Crippen LogP contribution in [0.4, 0.5) is 18.4 Å². The smallest absolute Gasteiger partial charge is 0.408 e. The number of imidazole rings is 1. The van der Waals surface area contributed by atoms with Gasteiger partial charge in [0.15, 0.2) is 5.65 Å². The van der Waals surface area contributed by atoms with Gasteiger partial charge in [-0.1, -0.05) is 37.3 Å². The second-order valence-corrected chi connectivity index (χ2v) is 13.9. The highest BCUT2D eigenvalue weighted by Gasteiger charge is 2.40. The second-order valence-electron chi connectivity index (χ2n) is 13.9. The number of alkyl halides is 2. The lowest BCUT2D eigenvalue weighted by Gasteiger charge is -2.33. The van der Waals surface area contributed by atoms with E-state index >= 15 is 0 Å². The Morgan fingerprint density at radius 2 is 1.72 bits per heavy atom. The zero-order chi connectivity index (χ0) is 33.6. The summed E-state index contributed by atoms with van der Waals surface area (Å²) < 4.78 is 40.6. The lowest BCUT2D eigenvalue weighted by molar-refractivity contribution is -0.0500. The normalized spacial score (nSPS) is 18.7. The van der Waals surface area contributed by atoms with Crippen molar-refractivity contribution in [1.29, 1.82) is 0 Å². The SMILES string of the molecule is CC[C@H](CCN[C@@H](c1cnn2cc([C@@H](NC(=O)OC(C)(C)C)C3CCC(F)(F)CC3)nc2c1)C1CC1)NC(=O)OCc1ccccc1. The van der Waals surface area contributed by atoms with Gasteiger partial charge in [0.2, 0.25) is 5.92 Å². The van der Waals surface area contributed by atoms with Gasteiger partial charge in [-0.3, -0.25) is 0 Å². The van der Waals surface area contributed by atoms with E-state index in [1.54, 1.807) is 31.5 Å². The van der Waals surface area contributed by atoms with E-state index < -0.39 is 29.8 Å². The minimum atomic E-state index is -2.69. The van der Waals surface area contributed by atoms with Crippen LogP contribution in [0.2, 0.25) is 0 Å². The van der Waals surface area contributed by atoms with Crippen molar-refractivity contribution in [2.75, 3.05) is 6.54 Å². The Hall–Kier alpha value is -3.80. The number of rotatable bonds is 13. The molecule has 0 bridgehead atoms. The largest absolute Gasteiger partial charge is 0.445 e. The highest BCUT2D eigenvalue weighted by molar-refractivity contribution is 5.68. The summed E-state index contributed by atoms with van der Waals surface area (Å²) in [6, 6.07) is 11.1. The van der Waals surface area contributed by atoms with Gasteiger partial charge in [0, 0.05) is 24.9 Å². The van der Waals surface area contributed by atoms with Gasteiger partial charge in [-0.2, -0.15) is 5.10 Å². The highest BCUT2D eigenvalue weighted by Crippen LogP contribution is 2.42. The van der Waals surface area contributed by atoms with Crippen molar-refractivity contribution in [3.63, 3.8) is 0 Å². The summed E-state index contributed by atoms with van der Waals surface area (Å²) in [7, 11) is 0. The van der Waals surface area contributed by atoms with Crippen molar-refractivity contribution in [3.05, 3.63) is 65.6 Å². The van der Waals surface area contributed by atoms with Gasteiger partial charge in [0.05, 0.1) is 24.1 Å². The second kappa shape index (κ2) is 15.0. The monoisotopic (exact) mass is 654 g/mol. The van der Waals surface area contributed by atoms with Crippen LogP contribution in [0, 0.1) is 11.8 Å². The molecule has 5 rings (SSSR count). The van der Waals surface area contributed by atoms with E-state index in [2.05, 4.69) is 21.0 Å². The maximum Gasteiger partial charge on any atom is 0.408 e. The first kappa shape index (κ1) is 34.5. The molecular formula is C35H48F2N6O4. The van der Waals surface area contributed by atoms with Crippen molar-refractivity contribution in [3.8, 4) is 0 Å². The molecule has 2 aliphatic rings. The first-order chi connectivity index (χ1) is 22.4. The number of alkyl carbamates (subject to hydrolysis) is 2. The fourth-order valence-electron chi connectivity index (χ4n) is 6.20. The molecule has 2 fully saturated rings. The van der Waals surface area contributed by atoms with E-state index in [1.807, 2.05) is 49.5 Å². The van der Waals surface area contributed by atoms with Crippen molar-refractivity contribution < 1.29 is 27.8 Å². The fourth-order valence-corrected chi connectivity index (χ4v) is 6.20. The number of amides is 2. The predicted molar refractivity (Wildman–Crippen MR) is 174 cm³/mol. The Morgan fingerprint density at radius 3 is 2.38 bits per heavy atom. The van der Waals surface area contributed by atoms with Crippen LogP contribution < -0.4 is 16.0 Å². The number of fused-ring (bicyclic) bond motifs is 1. The number of nitrogens with zero attached hydrogens (tertiary/aromatic N) is 3. The van der Waals surface area contributed by atoms with Gasteiger partial charge < -0.3 is 25.4 Å². The summed E-state index contributed by atoms with van der Waals surface area (Å²) >= 11 is 0. The third-order valence-electron chi connectivity index (χ3n) is 8.92. The van der Waals surface area contributed by atoms with Crippen molar-refractivity contribution in [2.24, 2.45) is 11.8 Å². The molecule has 1 aromatic carbocycles. The lowest BCUT2D eigenvalue weighted by Crippen LogP contribution is -2.40. The zero-order valence-electron chi connectivity index (χ0n) is 27.8. The molecule has 2 amide bonds. The molecule has 2 aliphatic carbocycles. The molecule has 0 radical (unpaired) electrons. The Balaban J connectivity index is 1.23. The summed E-state index contributed by atoms with van der Waals surface area (Å²) in [5, 5.41) is 14.2. The third kappa shape index (κ3) is 10.1. The average Bonchev–Trinajstić information content (AvgIpc) is 3.77. The number of halogens is 2. The lowest BCUT2D eigenvalue weighted by atomic mass is 9.81. The molecule has 12 heteroatoms. The molecule has 0 aliphatic heterocycles. The number of carbonyl (C=O) groups excluding carboxylic acids is 2. The molecule has 10 nitrogen and oxygen atoms in total. The van der Waals surface area contributed by atoms with Crippen LogP contribution in [0.15, 0.2) is 48.8 Å². The number of hydrogen-bond acceptors (Lipinski definition) is 7. The number of ether oxygens (including phenoxy) is 2. The summed E-state index contributed by atoms with van der Waals surface area (Å²) in [6.07, 6.45) is 6.40. The standard InChI is InChI=1S/C35H48F2N6O4/c1-5-27(40-32(44)46-22-23-9-7-6-8-10-23)15-18-38-30(24-11-12-24)26-19-29-41-28(21-43(29)39-20-26)31(42-33(45)47-34(2,3)4)25-13-16-35(36,37)17-14-25/h6-10,19-21,24-25,27,30-31,38H,5,11-18,22H2,1-4H3,(H,40,44)(H,42,45)/t27-,30-,31+/m1/s1. The van der Waals surface area contributed by atoms with Crippen molar-refractivity contribution in [1.82, 2.24) is 30.5 Å². The molecule has 2 aromatic heterocycles. The molecule has 0 unspecified atom stereocenters. The van der Waals surface area contributed by atoms with Gasteiger partial charge >= 0.3 is 12.2 Å². The van der Waals surface area contributed by atoms with Crippen LogP contribution in [-0.2, 0) is 16.1 Å². The van der Waals surface area contributed by atoms with Gasteiger partial charge in [-0.05, 0) is 94.9 Å². The number of carbonyl (C=O) groups is 2. The zero-order valence-corrected chi connectivity index (χ0v) is 27.8. The molecule has 256 valence electrons. The number of nitrogens with one attached hydrogen (secondary N) is 3. The van der Waals surface area contributed by atoms with E-state index in [-0.39, 0.29) is 50.3 Å². The summed E-state index contributed by atoms with van der Waals surface area (Å²) in [4.78, 5) is 30.1. The number of benzene rings is 1.